The van der Waals surface area contributed by atoms with Gasteiger partial charge in [0.2, 0.25) is 0 Å². The standard InChI is InChI=1S/C13H18BrNO3S/c1-3-15(8(2)11-4-5-12(14)19-11)10-7-18-6-9(10)13(16)17/h4-5,8-10H,3,6-7H2,1-2H3,(H,16,17). The molecule has 0 radical (unpaired) electrons. The average Bonchev–Trinajstić information content (AvgIpc) is 2.98. The Balaban J connectivity index is 2.17. The molecule has 2 heterocycles. The Bertz CT molecular complexity index is 451. The Morgan fingerprint density at radius 2 is 2.37 bits per heavy atom. The van der Waals surface area contributed by atoms with E-state index in [4.69, 9.17) is 4.74 Å². The van der Waals surface area contributed by atoms with E-state index in [1.54, 1.807) is 11.3 Å². The predicted octanol–water partition coefficient (Wildman–Crippen LogP) is 2.99. The third kappa shape index (κ3) is 3.18. The molecule has 1 saturated heterocycles. The normalized spacial score (nSPS) is 24.8. The van der Waals surface area contributed by atoms with Crippen molar-refractivity contribution in [3.63, 3.8) is 0 Å². The highest BCUT2D eigenvalue weighted by atomic mass is 79.9. The predicted molar refractivity (Wildman–Crippen MR) is 78.5 cm³/mol. The van der Waals surface area contributed by atoms with Crippen LogP contribution in [0.2, 0.25) is 0 Å². The van der Waals surface area contributed by atoms with Crippen LogP contribution < -0.4 is 0 Å². The van der Waals surface area contributed by atoms with Gasteiger partial charge < -0.3 is 9.84 Å². The van der Waals surface area contributed by atoms with Crippen molar-refractivity contribution < 1.29 is 14.6 Å². The number of hydrogen-bond acceptors (Lipinski definition) is 4. The summed E-state index contributed by atoms with van der Waals surface area (Å²) in [5.74, 6) is -1.19. The number of thiophene rings is 1. The van der Waals surface area contributed by atoms with Gasteiger partial charge in [-0.3, -0.25) is 9.69 Å². The second-order valence-corrected chi connectivity index (χ2v) is 7.19. The monoisotopic (exact) mass is 347 g/mol. The summed E-state index contributed by atoms with van der Waals surface area (Å²) in [6.07, 6.45) is 0. The fourth-order valence-corrected chi connectivity index (χ4v) is 4.11. The Kier molecular flexibility index (Phi) is 5.00. The summed E-state index contributed by atoms with van der Waals surface area (Å²) in [7, 11) is 0. The van der Waals surface area contributed by atoms with E-state index in [0.717, 1.165) is 10.3 Å². The molecule has 19 heavy (non-hydrogen) atoms. The smallest absolute Gasteiger partial charge is 0.310 e. The van der Waals surface area contributed by atoms with Gasteiger partial charge in [-0.2, -0.15) is 0 Å². The van der Waals surface area contributed by atoms with Gasteiger partial charge in [0.15, 0.2) is 0 Å². The fourth-order valence-electron chi connectivity index (χ4n) is 2.62. The van der Waals surface area contributed by atoms with Gasteiger partial charge in [0.1, 0.15) is 0 Å². The fraction of sp³-hybridized carbons (Fsp3) is 0.615. The number of nitrogens with zero attached hydrogens (tertiary/aromatic N) is 1. The van der Waals surface area contributed by atoms with Crippen molar-refractivity contribution in [2.45, 2.75) is 25.9 Å². The number of aliphatic carboxylic acids is 1. The number of halogens is 1. The molecule has 1 aliphatic rings. The molecule has 1 fully saturated rings. The third-order valence-corrected chi connectivity index (χ3v) is 5.46. The van der Waals surface area contributed by atoms with Crippen molar-refractivity contribution in [1.29, 1.82) is 0 Å². The molecular weight excluding hydrogens is 330 g/mol. The molecule has 0 amide bonds. The summed E-state index contributed by atoms with van der Waals surface area (Å²) in [4.78, 5) is 14.8. The van der Waals surface area contributed by atoms with E-state index in [1.807, 2.05) is 6.07 Å². The zero-order chi connectivity index (χ0) is 14.0. The van der Waals surface area contributed by atoms with Crippen LogP contribution >= 0.6 is 27.3 Å². The molecule has 4 nitrogen and oxygen atoms in total. The number of carboxylic acid groups (broad SMARTS) is 1. The lowest BCUT2D eigenvalue weighted by Gasteiger charge is -2.34. The zero-order valence-corrected chi connectivity index (χ0v) is 13.4. The van der Waals surface area contributed by atoms with E-state index in [-0.39, 0.29) is 12.1 Å². The topological polar surface area (TPSA) is 49.8 Å². The number of carboxylic acids is 1. The summed E-state index contributed by atoms with van der Waals surface area (Å²) in [6, 6.07) is 4.28. The molecular formula is C13H18BrNO3S. The number of rotatable bonds is 5. The lowest BCUT2D eigenvalue weighted by Crippen LogP contribution is -2.44. The van der Waals surface area contributed by atoms with Crippen molar-refractivity contribution in [2.24, 2.45) is 5.92 Å². The Labute approximate surface area is 125 Å². The highest BCUT2D eigenvalue weighted by Crippen LogP contribution is 2.34. The van der Waals surface area contributed by atoms with Crippen LogP contribution in [0.3, 0.4) is 0 Å². The highest BCUT2D eigenvalue weighted by Gasteiger charge is 2.39. The minimum Gasteiger partial charge on any atom is -0.481 e. The second-order valence-electron chi connectivity index (χ2n) is 4.70. The molecule has 0 spiro atoms. The number of ether oxygens (including phenoxy) is 1. The minimum atomic E-state index is -0.763. The Hall–Kier alpha value is -0.430. The van der Waals surface area contributed by atoms with Crippen LogP contribution in [0.5, 0.6) is 0 Å². The molecule has 0 bridgehead atoms. The molecule has 0 saturated carbocycles. The molecule has 1 aliphatic heterocycles. The summed E-state index contributed by atoms with van der Waals surface area (Å²) >= 11 is 5.17. The van der Waals surface area contributed by atoms with Crippen LogP contribution in [0.15, 0.2) is 15.9 Å². The van der Waals surface area contributed by atoms with Crippen molar-refractivity contribution in [1.82, 2.24) is 4.90 Å². The van der Waals surface area contributed by atoms with Gasteiger partial charge in [0.25, 0.3) is 0 Å². The van der Waals surface area contributed by atoms with Crippen LogP contribution in [0.4, 0.5) is 0 Å². The van der Waals surface area contributed by atoms with E-state index in [2.05, 4.69) is 40.7 Å². The van der Waals surface area contributed by atoms with Crippen molar-refractivity contribution in [3.8, 4) is 0 Å². The maximum Gasteiger partial charge on any atom is 0.310 e. The SMILES string of the molecule is CCN(C(C)c1ccc(Br)s1)C1COCC1C(=O)O. The Morgan fingerprint density at radius 3 is 2.89 bits per heavy atom. The van der Waals surface area contributed by atoms with Gasteiger partial charge in [0.05, 0.1) is 22.9 Å². The van der Waals surface area contributed by atoms with Gasteiger partial charge in [-0.25, -0.2) is 0 Å². The summed E-state index contributed by atoms with van der Waals surface area (Å²) in [5.41, 5.74) is 0. The molecule has 106 valence electrons. The number of likely N-dealkylation sites (N-methyl/N-ethyl adjacent to an activating group) is 1. The van der Waals surface area contributed by atoms with Gasteiger partial charge >= 0.3 is 5.97 Å². The summed E-state index contributed by atoms with van der Waals surface area (Å²) in [6.45, 7) is 5.82. The summed E-state index contributed by atoms with van der Waals surface area (Å²) in [5, 5.41) is 9.27. The molecule has 6 heteroatoms. The number of hydrogen-bond donors (Lipinski definition) is 1. The largest absolute Gasteiger partial charge is 0.481 e. The van der Waals surface area contributed by atoms with Crippen LogP contribution in [-0.4, -0.2) is 41.8 Å². The van der Waals surface area contributed by atoms with Crippen LogP contribution in [-0.2, 0) is 9.53 Å². The first kappa shape index (κ1) is 15.0. The second kappa shape index (κ2) is 6.35. The lowest BCUT2D eigenvalue weighted by atomic mass is 10.0. The molecule has 0 aromatic carbocycles. The van der Waals surface area contributed by atoms with Crippen LogP contribution in [0, 0.1) is 5.92 Å². The molecule has 2 rings (SSSR count). The van der Waals surface area contributed by atoms with Crippen molar-refractivity contribution in [2.75, 3.05) is 19.8 Å². The lowest BCUT2D eigenvalue weighted by molar-refractivity contribution is -0.143. The van der Waals surface area contributed by atoms with Crippen LogP contribution in [0.25, 0.3) is 0 Å². The highest BCUT2D eigenvalue weighted by molar-refractivity contribution is 9.11. The van der Waals surface area contributed by atoms with Gasteiger partial charge in [-0.15, -0.1) is 11.3 Å². The third-order valence-electron chi connectivity index (χ3n) is 3.66. The zero-order valence-electron chi connectivity index (χ0n) is 11.0. The number of carbonyl (C=O) groups is 1. The van der Waals surface area contributed by atoms with E-state index in [1.165, 1.54) is 4.88 Å². The first-order chi connectivity index (χ1) is 9.04. The quantitative estimate of drug-likeness (QED) is 0.889. The molecule has 3 unspecified atom stereocenters. The first-order valence-electron chi connectivity index (χ1n) is 6.36. The maximum absolute atomic E-state index is 11.3. The van der Waals surface area contributed by atoms with Crippen molar-refractivity contribution >= 4 is 33.2 Å². The van der Waals surface area contributed by atoms with Gasteiger partial charge in [-0.05, 0) is 41.5 Å². The van der Waals surface area contributed by atoms with Crippen LogP contribution in [0.1, 0.15) is 24.8 Å². The molecule has 1 N–H and O–H groups in total. The minimum absolute atomic E-state index is 0.0432. The van der Waals surface area contributed by atoms with E-state index in [9.17, 15) is 9.90 Å². The van der Waals surface area contributed by atoms with E-state index < -0.39 is 11.9 Å². The molecule has 3 atom stereocenters. The maximum atomic E-state index is 11.3. The molecule has 0 aliphatic carbocycles. The average molecular weight is 348 g/mol. The Morgan fingerprint density at radius 1 is 1.63 bits per heavy atom. The molecule has 1 aromatic rings. The van der Waals surface area contributed by atoms with E-state index in [0.29, 0.717) is 13.2 Å². The van der Waals surface area contributed by atoms with Gasteiger partial charge in [0, 0.05) is 17.0 Å². The van der Waals surface area contributed by atoms with Gasteiger partial charge in [-0.1, -0.05) is 6.92 Å². The first-order valence-corrected chi connectivity index (χ1v) is 7.97. The molecule has 1 aromatic heterocycles. The van der Waals surface area contributed by atoms with Crippen molar-refractivity contribution in [3.05, 3.63) is 20.8 Å². The van der Waals surface area contributed by atoms with E-state index >= 15 is 0 Å². The summed E-state index contributed by atoms with van der Waals surface area (Å²) < 4.78 is 6.48.